The maximum absolute atomic E-state index is 14.5. The molecule has 1 aliphatic carbocycles. The first-order valence-electron chi connectivity index (χ1n) is 16.1. The summed E-state index contributed by atoms with van der Waals surface area (Å²) in [5.74, 6) is -128. The van der Waals surface area contributed by atoms with Crippen LogP contribution in [0.15, 0.2) is 34.1 Å². The first-order chi connectivity index (χ1) is 29.5. The lowest BCUT2D eigenvalue weighted by Gasteiger charge is -2.42. The van der Waals surface area contributed by atoms with Gasteiger partial charge in [-0.2, -0.15) is 149 Å². The van der Waals surface area contributed by atoms with E-state index in [4.69, 9.17) is 0 Å². The van der Waals surface area contributed by atoms with Crippen molar-refractivity contribution in [2.75, 3.05) is 11.5 Å². The van der Waals surface area contributed by atoms with Gasteiger partial charge in [0.1, 0.15) is 0 Å². The number of carbonyl (C=O) groups excluding carboxylic acids is 2. The van der Waals surface area contributed by atoms with Gasteiger partial charge in [-0.25, -0.2) is 0 Å². The summed E-state index contributed by atoms with van der Waals surface area (Å²) < 4.78 is 463. The molecule has 394 valence electrons. The van der Waals surface area contributed by atoms with Crippen LogP contribution in [0.1, 0.15) is 33.6 Å². The van der Waals surface area contributed by atoms with Crippen molar-refractivity contribution in [1.82, 2.24) is 0 Å². The topological polar surface area (TPSA) is 34.1 Å². The number of thioether (sulfide) groups is 2. The van der Waals surface area contributed by atoms with Crippen molar-refractivity contribution in [1.29, 1.82) is 0 Å². The molecule has 0 fully saturated rings. The van der Waals surface area contributed by atoms with Gasteiger partial charge in [-0.3, -0.25) is 9.59 Å². The van der Waals surface area contributed by atoms with Gasteiger partial charge < -0.3 is 0 Å². The highest BCUT2D eigenvalue weighted by atomic mass is 32.2. The Bertz CT molecular complexity index is 1950. The molecule has 0 atom stereocenters. The Balaban J connectivity index is 2.57. The molecular formula is C30H12F34O2S2. The number of fused-ring (bicyclic) bond motifs is 1. The molecule has 1 aromatic carbocycles. The molecule has 0 radical (unpaired) electrons. The fraction of sp³-hybridized carbons (Fsp3) is 0.667. The van der Waals surface area contributed by atoms with E-state index < -0.39 is 176 Å². The number of ketones is 2. The number of carbonyl (C=O) groups is 2. The smallest absolute Gasteiger partial charge is 0.288 e. The van der Waals surface area contributed by atoms with E-state index in [1.54, 1.807) is 0 Å². The zero-order chi connectivity index (χ0) is 54.5. The van der Waals surface area contributed by atoms with Crippen LogP contribution in [-0.2, 0) is 0 Å². The lowest BCUT2D eigenvalue weighted by molar-refractivity contribution is -0.461. The monoisotopic (exact) mass is 1110 g/mol. The van der Waals surface area contributed by atoms with Crippen molar-refractivity contribution in [2.45, 2.75) is 108 Å². The summed E-state index contributed by atoms with van der Waals surface area (Å²) in [7, 11) is 0. The Morgan fingerprint density at radius 2 is 0.485 bits per heavy atom. The molecule has 0 N–H and O–H groups in total. The Hall–Kier alpha value is -3.38. The first kappa shape index (κ1) is 60.7. The molecular weight excluding hydrogens is 1100 g/mol. The highest BCUT2D eigenvalue weighted by Gasteiger charge is 2.97. The van der Waals surface area contributed by atoms with Gasteiger partial charge in [0.15, 0.2) is 0 Å². The van der Waals surface area contributed by atoms with Crippen molar-refractivity contribution in [2.24, 2.45) is 0 Å². The Kier molecular flexibility index (Phi) is 15.3. The SMILES string of the molecule is O=C1C(SCCC(F)(F)C(F)(F)C(F)(F)C(F)(F)C(F)(F)C(F)(F)C(F)(F)C(F)(F)F)=C(SCCC(F)(F)C(F)(F)C(F)(F)C(F)(F)C(F)(F)C(F)(F)C(F)(F)C(F)(F)F)C(=O)c2ccccc21. The second-order valence-electron chi connectivity index (χ2n) is 13.4. The average molecular weight is 1110 g/mol. The standard InChI is InChI=1S/C30H12F34O2S2/c31-15(32,17(35,36)19(39,40)21(43,44)23(47,48)25(51,52)27(55,56)29(59,60)61)5-7-67-13-11(65)9-3-1-2-4-10(9)12(66)14(13)68-8-6-16(33,34)18(37,38)20(41,42)22(45,46)24(49,50)26(53,54)28(57,58)30(62,63)64/h1-4H,5-8H2. The highest BCUT2D eigenvalue weighted by molar-refractivity contribution is 8.08. The number of hydrogen-bond acceptors (Lipinski definition) is 4. The van der Waals surface area contributed by atoms with Gasteiger partial charge in [0, 0.05) is 35.5 Å². The fourth-order valence-electron chi connectivity index (χ4n) is 4.86. The molecule has 0 bridgehead atoms. The van der Waals surface area contributed by atoms with E-state index in [9.17, 15) is 159 Å². The molecule has 1 aromatic rings. The molecule has 0 unspecified atom stereocenters. The molecule has 0 amide bonds. The van der Waals surface area contributed by atoms with Crippen LogP contribution in [0, 0.1) is 0 Å². The van der Waals surface area contributed by atoms with E-state index in [0.717, 1.165) is 12.1 Å². The van der Waals surface area contributed by atoms with E-state index in [-0.39, 0.29) is 0 Å². The minimum atomic E-state index is -9.04. The minimum absolute atomic E-state index is 0.544. The molecule has 0 spiro atoms. The Morgan fingerprint density at radius 3 is 0.691 bits per heavy atom. The van der Waals surface area contributed by atoms with Gasteiger partial charge in [-0.1, -0.05) is 24.3 Å². The number of Topliss-reactive ketones (excluding diaryl/α,β-unsaturated/α-hetero) is 2. The largest absolute Gasteiger partial charge is 0.460 e. The number of halogens is 34. The Labute approximate surface area is 359 Å². The van der Waals surface area contributed by atoms with Crippen LogP contribution in [0.2, 0.25) is 0 Å². The predicted molar refractivity (Wildman–Crippen MR) is 158 cm³/mol. The van der Waals surface area contributed by atoms with Crippen molar-refractivity contribution < 1.29 is 159 Å². The maximum atomic E-state index is 14.5. The third kappa shape index (κ3) is 8.46. The average Bonchev–Trinajstić information content (AvgIpc) is 3.15. The van der Waals surface area contributed by atoms with E-state index >= 15 is 0 Å². The summed E-state index contributed by atoms with van der Waals surface area (Å²) in [6.07, 6.45) is -22.8. The van der Waals surface area contributed by atoms with Crippen LogP contribution in [-0.4, -0.2) is 118 Å². The van der Waals surface area contributed by atoms with Crippen LogP contribution >= 0.6 is 23.5 Å². The van der Waals surface area contributed by atoms with E-state index in [2.05, 4.69) is 0 Å². The predicted octanol–water partition coefficient (Wildman–Crippen LogP) is 14.5. The summed E-state index contributed by atoms with van der Waals surface area (Å²) in [4.78, 5) is 22.6. The molecule has 2 rings (SSSR count). The second kappa shape index (κ2) is 17.1. The molecule has 38 heteroatoms. The van der Waals surface area contributed by atoms with Gasteiger partial charge in [-0.05, 0) is 0 Å². The summed E-state index contributed by atoms with van der Waals surface area (Å²) in [5.41, 5.74) is -2.03. The molecule has 2 nitrogen and oxygen atoms in total. The second-order valence-corrected chi connectivity index (χ2v) is 15.6. The first-order valence-corrected chi connectivity index (χ1v) is 18.1. The number of hydrogen-bond donors (Lipinski definition) is 0. The third-order valence-electron chi connectivity index (χ3n) is 8.93. The van der Waals surface area contributed by atoms with Crippen LogP contribution < -0.4 is 0 Å². The van der Waals surface area contributed by atoms with E-state index in [1.165, 1.54) is 0 Å². The highest BCUT2D eigenvalue weighted by Crippen LogP contribution is 2.66. The lowest BCUT2D eigenvalue weighted by atomic mass is 9.88. The Morgan fingerprint density at radius 1 is 0.294 bits per heavy atom. The maximum Gasteiger partial charge on any atom is 0.460 e. The fourth-order valence-corrected chi connectivity index (χ4v) is 7.27. The van der Waals surface area contributed by atoms with Crippen LogP contribution in [0.4, 0.5) is 149 Å². The van der Waals surface area contributed by atoms with Crippen molar-refractivity contribution in [3.05, 3.63) is 45.2 Å². The van der Waals surface area contributed by atoms with Crippen molar-refractivity contribution >= 4 is 35.1 Å². The van der Waals surface area contributed by atoms with Crippen molar-refractivity contribution in [3.8, 4) is 0 Å². The summed E-state index contributed by atoms with van der Waals surface area (Å²) >= 11 is -1.93. The van der Waals surface area contributed by atoms with E-state index in [0.29, 0.717) is 12.1 Å². The molecule has 0 aromatic heterocycles. The number of alkyl halides is 34. The third-order valence-corrected chi connectivity index (χ3v) is 11.2. The summed E-state index contributed by atoms with van der Waals surface area (Å²) in [5, 5.41) is 0. The van der Waals surface area contributed by atoms with E-state index in [1.807, 2.05) is 0 Å². The van der Waals surface area contributed by atoms with Crippen LogP contribution in [0.25, 0.3) is 0 Å². The lowest BCUT2D eigenvalue weighted by Crippen LogP contribution is -2.74. The summed E-state index contributed by atoms with van der Waals surface area (Å²) in [6, 6.07) is 2.66. The van der Waals surface area contributed by atoms with Gasteiger partial charge in [0.05, 0.1) is 9.81 Å². The normalized spacial score (nSPS) is 17.0. The number of rotatable bonds is 20. The van der Waals surface area contributed by atoms with Gasteiger partial charge in [0.2, 0.25) is 11.6 Å². The molecule has 68 heavy (non-hydrogen) atoms. The summed E-state index contributed by atoms with van der Waals surface area (Å²) in [6.45, 7) is 0. The zero-order valence-electron chi connectivity index (χ0n) is 30.6. The molecule has 0 aliphatic heterocycles. The van der Waals surface area contributed by atoms with Gasteiger partial charge >= 0.3 is 95.3 Å². The van der Waals surface area contributed by atoms with Crippen LogP contribution in [0.3, 0.4) is 0 Å². The van der Waals surface area contributed by atoms with Crippen molar-refractivity contribution in [3.63, 3.8) is 0 Å². The minimum Gasteiger partial charge on any atom is -0.288 e. The van der Waals surface area contributed by atoms with Gasteiger partial charge in [0.25, 0.3) is 0 Å². The molecule has 0 saturated heterocycles. The number of allylic oxidation sites excluding steroid dienone is 2. The quantitative estimate of drug-likeness (QED) is 0.122. The molecule has 0 saturated carbocycles. The molecule has 1 aliphatic rings. The van der Waals surface area contributed by atoms with Gasteiger partial charge in [-0.15, -0.1) is 23.5 Å². The number of benzene rings is 1. The molecule has 0 heterocycles. The van der Waals surface area contributed by atoms with Crippen LogP contribution in [0.5, 0.6) is 0 Å². The zero-order valence-corrected chi connectivity index (χ0v) is 32.3.